The van der Waals surface area contributed by atoms with Gasteiger partial charge in [-0.25, -0.2) is 4.79 Å². The minimum atomic E-state index is -0.331. The van der Waals surface area contributed by atoms with Crippen molar-refractivity contribution in [3.63, 3.8) is 0 Å². The molecule has 36 heavy (non-hydrogen) atoms. The average Bonchev–Trinajstić information content (AvgIpc) is 3.42. The Morgan fingerprint density at radius 2 is 1.53 bits per heavy atom. The van der Waals surface area contributed by atoms with Crippen molar-refractivity contribution in [2.75, 3.05) is 28.6 Å². The molecule has 188 valence electrons. The number of carbonyl (C=O) groups is 2. The second-order valence-electron chi connectivity index (χ2n) is 9.63. The fourth-order valence-electron chi connectivity index (χ4n) is 4.42. The predicted molar refractivity (Wildman–Crippen MR) is 148 cm³/mol. The molecule has 0 aliphatic carbocycles. The third kappa shape index (κ3) is 6.45. The number of carbonyl (C=O) groups excluding carboxylic acids is 2. The van der Waals surface area contributed by atoms with Crippen molar-refractivity contribution in [2.24, 2.45) is 0 Å². The molecule has 0 radical (unpaired) electrons. The molecule has 0 atom stereocenters. The first kappa shape index (κ1) is 25.3. The summed E-state index contributed by atoms with van der Waals surface area (Å²) in [5.41, 5.74) is 6.35. The van der Waals surface area contributed by atoms with Crippen LogP contribution in [0, 0.1) is 0 Å². The molecule has 1 aliphatic heterocycles. The molecular weight excluding hydrogens is 448 g/mol. The van der Waals surface area contributed by atoms with Gasteiger partial charge in [0, 0.05) is 30.9 Å². The van der Waals surface area contributed by atoms with Crippen LogP contribution in [0.1, 0.15) is 66.6 Å². The van der Waals surface area contributed by atoms with Crippen LogP contribution in [-0.4, -0.2) is 25.0 Å². The van der Waals surface area contributed by atoms with Crippen LogP contribution < -0.4 is 20.9 Å². The van der Waals surface area contributed by atoms with E-state index in [1.807, 2.05) is 36.4 Å². The van der Waals surface area contributed by atoms with Crippen molar-refractivity contribution in [1.82, 2.24) is 5.32 Å². The van der Waals surface area contributed by atoms with Gasteiger partial charge in [-0.05, 0) is 72.2 Å². The highest BCUT2D eigenvalue weighted by Crippen LogP contribution is 2.30. The van der Waals surface area contributed by atoms with Gasteiger partial charge in [-0.2, -0.15) is 0 Å². The molecule has 1 fully saturated rings. The summed E-state index contributed by atoms with van der Waals surface area (Å²) in [6.07, 6.45) is 3.18. The first-order valence-corrected chi connectivity index (χ1v) is 12.9. The van der Waals surface area contributed by atoms with Gasteiger partial charge in [0.05, 0.1) is 11.4 Å². The largest absolute Gasteiger partial charge is 0.370 e. The van der Waals surface area contributed by atoms with E-state index in [1.165, 1.54) is 11.1 Å². The maximum Gasteiger partial charge on any atom is 0.323 e. The molecule has 3 aromatic carbocycles. The van der Waals surface area contributed by atoms with Crippen molar-refractivity contribution in [3.8, 4) is 0 Å². The van der Waals surface area contributed by atoms with Gasteiger partial charge < -0.3 is 20.9 Å². The Hall–Kier alpha value is -3.80. The normalized spacial score (nSPS) is 13.1. The van der Waals surface area contributed by atoms with Crippen LogP contribution in [-0.2, 0) is 13.0 Å². The molecule has 6 heteroatoms. The summed E-state index contributed by atoms with van der Waals surface area (Å²) >= 11 is 0. The lowest BCUT2D eigenvalue weighted by molar-refractivity contribution is 0.0951. The Morgan fingerprint density at radius 3 is 2.17 bits per heavy atom. The maximum atomic E-state index is 13.0. The van der Waals surface area contributed by atoms with E-state index in [2.05, 4.69) is 65.9 Å². The van der Waals surface area contributed by atoms with Crippen LogP contribution in [0.25, 0.3) is 0 Å². The Bertz CT molecular complexity index is 1180. The lowest BCUT2D eigenvalue weighted by Crippen LogP contribution is -2.26. The number of amides is 3. The second kappa shape index (κ2) is 11.8. The number of aryl methyl sites for hydroxylation is 1. The van der Waals surface area contributed by atoms with E-state index in [0.29, 0.717) is 23.7 Å². The molecule has 0 bridgehead atoms. The molecule has 3 aromatic rings. The SMILES string of the molecule is CCc1ccc(NC(=O)Nc2cc(C(=O)NCc3ccc(C(C)C)cc3)ccc2N2CCCC2)cc1. The van der Waals surface area contributed by atoms with Crippen LogP contribution in [0.2, 0.25) is 0 Å². The molecule has 0 spiro atoms. The number of rotatable bonds is 8. The summed E-state index contributed by atoms with van der Waals surface area (Å²) in [7, 11) is 0. The minimum Gasteiger partial charge on any atom is -0.370 e. The summed E-state index contributed by atoms with van der Waals surface area (Å²) in [6, 6.07) is 21.3. The van der Waals surface area contributed by atoms with Gasteiger partial charge in [0.1, 0.15) is 0 Å². The molecule has 3 N–H and O–H groups in total. The predicted octanol–water partition coefficient (Wildman–Crippen LogP) is 6.55. The molecule has 1 heterocycles. The molecule has 1 aliphatic rings. The van der Waals surface area contributed by atoms with Crippen LogP contribution in [0.15, 0.2) is 66.7 Å². The zero-order chi connectivity index (χ0) is 25.5. The van der Waals surface area contributed by atoms with Gasteiger partial charge >= 0.3 is 6.03 Å². The number of anilines is 3. The molecule has 1 saturated heterocycles. The highest BCUT2D eigenvalue weighted by molar-refractivity contribution is 6.04. The van der Waals surface area contributed by atoms with Gasteiger partial charge in [0.15, 0.2) is 0 Å². The lowest BCUT2D eigenvalue weighted by atomic mass is 10.0. The Balaban J connectivity index is 1.46. The first-order chi connectivity index (χ1) is 17.4. The fourth-order valence-corrected chi connectivity index (χ4v) is 4.42. The first-order valence-electron chi connectivity index (χ1n) is 12.9. The quantitative estimate of drug-likeness (QED) is 0.340. The Morgan fingerprint density at radius 1 is 0.861 bits per heavy atom. The molecule has 0 aromatic heterocycles. The summed E-state index contributed by atoms with van der Waals surface area (Å²) in [5, 5.41) is 8.88. The lowest BCUT2D eigenvalue weighted by Gasteiger charge is -2.22. The van der Waals surface area contributed by atoms with Crippen molar-refractivity contribution in [3.05, 3.63) is 89.0 Å². The number of nitrogens with zero attached hydrogens (tertiary/aromatic N) is 1. The highest BCUT2D eigenvalue weighted by Gasteiger charge is 2.19. The van der Waals surface area contributed by atoms with Crippen LogP contribution in [0.4, 0.5) is 21.9 Å². The molecular formula is C30H36N4O2. The summed E-state index contributed by atoms with van der Waals surface area (Å²) < 4.78 is 0. The molecule has 0 unspecified atom stereocenters. The van der Waals surface area contributed by atoms with Gasteiger partial charge in [0.25, 0.3) is 5.91 Å². The summed E-state index contributed by atoms with van der Waals surface area (Å²) in [5.74, 6) is 0.302. The van der Waals surface area contributed by atoms with Crippen molar-refractivity contribution < 1.29 is 9.59 Å². The smallest absolute Gasteiger partial charge is 0.323 e. The minimum absolute atomic E-state index is 0.172. The van der Waals surface area contributed by atoms with Gasteiger partial charge in [-0.3, -0.25) is 4.79 Å². The molecule has 0 saturated carbocycles. The number of hydrogen-bond acceptors (Lipinski definition) is 3. The van der Waals surface area contributed by atoms with Crippen molar-refractivity contribution in [1.29, 1.82) is 0 Å². The van der Waals surface area contributed by atoms with Gasteiger partial charge in [0.2, 0.25) is 0 Å². The zero-order valence-electron chi connectivity index (χ0n) is 21.4. The fraction of sp³-hybridized carbons (Fsp3) is 0.333. The summed E-state index contributed by atoms with van der Waals surface area (Å²) in [4.78, 5) is 28.0. The second-order valence-corrected chi connectivity index (χ2v) is 9.63. The van der Waals surface area contributed by atoms with E-state index in [9.17, 15) is 9.59 Å². The van der Waals surface area contributed by atoms with Gasteiger partial charge in [-0.1, -0.05) is 57.2 Å². The van der Waals surface area contributed by atoms with Crippen LogP contribution >= 0.6 is 0 Å². The number of nitrogens with one attached hydrogen (secondary N) is 3. The average molecular weight is 485 g/mol. The topological polar surface area (TPSA) is 73.5 Å². The standard InChI is InChI=1S/C30H36N4O2/c1-4-22-9-14-26(15-10-22)32-30(36)33-27-19-25(13-16-28(27)34-17-5-6-18-34)29(35)31-20-23-7-11-24(12-8-23)21(2)3/h7-16,19,21H,4-6,17-18,20H2,1-3H3,(H,31,35)(H2,32,33,36). The van der Waals surface area contributed by atoms with Crippen LogP contribution in [0.5, 0.6) is 0 Å². The third-order valence-electron chi connectivity index (χ3n) is 6.67. The Kier molecular flexibility index (Phi) is 8.26. The molecule has 6 nitrogen and oxygen atoms in total. The molecule has 4 rings (SSSR count). The maximum absolute atomic E-state index is 13.0. The monoisotopic (exact) mass is 484 g/mol. The van der Waals surface area contributed by atoms with E-state index >= 15 is 0 Å². The Labute approximate surface area is 214 Å². The zero-order valence-corrected chi connectivity index (χ0v) is 21.4. The number of hydrogen-bond donors (Lipinski definition) is 3. The van der Waals surface area contributed by atoms with Crippen molar-refractivity contribution in [2.45, 2.75) is 52.5 Å². The number of urea groups is 1. The van der Waals surface area contributed by atoms with E-state index < -0.39 is 0 Å². The van der Waals surface area contributed by atoms with Crippen LogP contribution in [0.3, 0.4) is 0 Å². The van der Waals surface area contributed by atoms with Crippen molar-refractivity contribution >= 4 is 29.0 Å². The van der Waals surface area contributed by atoms with E-state index in [4.69, 9.17) is 0 Å². The van der Waals surface area contributed by atoms with E-state index in [-0.39, 0.29) is 11.9 Å². The third-order valence-corrected chi connectivity index (χ3v) is 6.67. The molecule has 3 amide bonds. The summed E-state index contributed by atoms with van der Waals surface area (Å²) in [6.45, 7) is 8.75. The van der Waals surface area contributed by atoms with E-state index in [1.54, 1.807) is 6.07 Å². The van der Waals surface area contributed by atoms with Gasteiger partial charge in [-0.15, -0.1) is 0 Å². The van der Waals surface area contributed by atoms with E-state index in [0.717, 1.165) is 49.3 Å². The number of benzene rings is 3. The highest BCUT2D eigenvalue weighted by atomic mass is 16.2.